The van der Waals surface area contributed by atoms with Crippen molar-refractivity contribution in [1.29, 1.82) is 0 Å². The van der Waals surface area contributed by atoms with Gasteiger partial charge < -0.3 is 4.79 Å². The summed E-state index contributed by atoms with van der Waals surface area (Å²) in [7, 11) is 0. The fourth-order valence-electron chi connectivity index (χ4n) is 0.684. The van der Waals surface area contributed by atoms with Crippen LogP contribution in [0.25, 0.3) is 0 Å². The molecule has 0 fully saturated rings. The molecule has 1 rings (SSSR count). The lowest BCUT2D eigenvalue weighted by Gasteiger charge is -1.93. The van der Waals surface area contributed by atoms with E-state index in [1.54, 1.807) is 18.2 Å². The minimum absolute atomic E-state index is 0.331. The van der Waals surface area contributed by atoms with Crippen LogP contribution in [-0.4, -0.2) is 6.29 Å². The second-order valence-electron chi connectivity index (χ2n) is 1.82. The Bertz CT molecular complexity index is 232. The van der Waals surface area contributed by atoms with Crippen LogP contribution in [0.15, 0.2) is 24.3 Å². The lowest BCUT2D eigenvalue weighted by molar-refractivity contribution is -0.105. The summed E-state index contributed by atoms with van der Waals surface area (Å²) in [6.45, 7) is 0. The van der Waals surface area contributed by atoms with Crippen LogP contribution in [0.4, 0.5) is 4.39 Å². The number of aldehydes is 1. The molecule has 0 unspecified atom stereocenters. The topological polar surface area (TPSA) is 17.1 Å². The molecule has 0 N–H and O–H groups in total. The number of benzene rings is 1. The molecule has 0 spiro atoms. The molecule has 0 saturated heterocycles. The standard InChI is InChI=1S/C8H6FO/c9-8-4-2-1-3-7(8)5-6-10/h1-6H. The van der Waals surface area contributed by atoms with E-state index < -0.39 is 0 Å². The van der Waals surface area contributed by atoms with Crippen molar-refractivity contribution in [2.24, 2.45) is 0 Å². The molecule has 1 nitrogen and oxygen atoms in total. The van der Waals surface area contributed by atoms with Gasteiger partial charge in [0.25, 0.3) is 0 Å². The van der Waals surface area contributed by atoms with Crippen LogP contribution in [0.5, 0.6) is 0 Å². The van der Waals surface area contributed by atoms with Gasteiger partial charge in [0.2, 0.25) is 0 Å². The number of rotatable bonds is 2. The fraction of sp³-hybridized carbons (Fsp3) is 0. The van der Waals surface area contributed by atoms with Crippen LogP contribution in [0, 0.1) is 12.2 Å². The first kappa shape index (κ1) is 6.93. The van der Waals surface area contributed by atoms with E-state index in [9.17, 15) is 9.18 Å². The molecule has 1 aromatic carbocycles. The molecule has 1 aromatic rings. The van der Waals surface area contributed by atoms with Crippen LogP contribution in [0.3, 0.4) is 0 Å². The normalized spacial score (nSPS) is 9.30. The molecular formula is C8H6FO. The summed E-state index contributed by atoms with van der Waals surface area (Å²) in [5.41, 5.74) is 0.331. The van der Waals surface area contributed by atoms with E-state index in [1.165, 1.54) is 12.5 Å². The summed E-state index contributed by atoms with van der Waals surface area (Å²) in [5.74, 6) is -0.366. The first-order valence-electron chi connectivity index (χ1n) is 2.87. The third-order valence-electron chi connectivity index (χ3n) is 1.15. The first-order chi connectivity index (χ1) is 4.84. The molecule has 51 valence electrons. The molecule has 0 saturated carbocycles. The fourth-order valence-corrected chi connectivity index (χ4v) is 0.684. The number of carbonyl (C=O) groups is 1. The zero-order valence-corrected chi connectivity index (χ0v) is 5.25. The quantitative estimate of drug-likeness (QED) is 0.565. The molecule has 0 aromatic heterocycles. The first-order valence-corrected chi connectivity index (χ1v) is 2.87. The smallest absolute Gasteiger partial charge is 0.128 e. The third-order valence-corrected chi connectivity index (χ3v) is 1.15. The van der Waals surface area contributed by atoms with Crippen LogP contribution >= 0.6 is 0 Å². The number of halogens is 1. The van der Waals surface area contributed by atoms with Crippen LogP contribution in [0.1, 0.15) is 5.56 Å². The van der Waals surface area contributed by atoms with Gasteiger partial charge in [0.1, 0.15) is 12.1 Å². The van der Waals surface area contributed by atoms with Gasteiger partial charge in [-0.1, -0.05) is 18.2 Å². The molecule has 0 aliphatic rings. The van der Waals surface area contributed by atoms with Crippen molar-refractivity contribution in [3.8, 4) is 0 Å². The SMILES string of the molecule is O=C[CH]c1ccccc1F. The monoisotopic (exact) mass is 137 g/mol. The molecule has 10 heavy (non-hydrogen) atoms. The molecule has 0 bridgehead atoms. The van der Waals surface area contributed by atoms with E-state index in [0.717, 1.165) is 0 Å². The average molecular weight is 137 g/mol. The van der Waals surface area contributed by atoms with Gasteiger partial charge in [-0.05, 0) is 11.6 Å². The van der Waals surface area contributed by atoms with E-state index in [4.69, 9.17) is 0 Å². The van der Waals surface area contributed by atoms with Crippen LogP contribution in [-0.2, 0) is 4.79 Å². The molecule has 0 aliphatic carbocycles. The summed E-state index contributed by atoms with van der Waals surface area (Å²) in [5, 5.41) is 0. The molecule has 0 aliphatic heterocycles. The highest BCUT2D eigenvalue weighted by Gasteiger charge is 1.97. The lowest BCUT2D eigenvalue weighted by atomic mass is 10.2. The molecule has 1 radical (unpaired) electrons. The van der Waals surface area contributed by atoms with Crippen molar-refractivity contribution in [2.45, 2.75) is 0 Å². The Hall–Kier alpha value is -1.18. The molecule has 2 heteroatoms. The minimum atomic E-state index is -0.366. The molecule has 0 heterocycles. The summed E-state index contributed by atoms with van der Waals surface area (Å²) in [6.07, 6.45) is 1.76. The lowest BCUT2D eigenvalue weighted by Crippen LogP contribution is -1.86. The Kier molecular flexibility index (Phi) is 2.15. The average Bonchev–Trinajstić information content (AvgIpc) is 1.94. The van der Waals surface area contributed by atoms with Gasteiger partial charge in [-0.15, -0.1) is 0 Å². The number of hydrogen-bond acceptors (Lipinski definition) is 1. The van der Waals surface area contributed by atoms with Gasteiger partial charge in [0, 0.05) is 0 Å². The summed E-state index contributed by atoms with van der Waals surface area (Å²) in [4.78, 5) is 9.90. The third kappa shape index (κ3) is 1.41. The minimum Gasteiger partial charge on any atom is -0.303 e. The highest BCUT2D eigenvalue weighted by atomic mass is 19.1. The Balaban J connectivity index is 2.91. The number of carbonyl (C=O) groups excluding carboxylic acids is 1. The van der Waals surface area contributed by atoms with Gasteiger partial charge >= 0.3 is 0 Å². The van der Waals surface area contributed by atoms with E-state index in [1.807, 2.05) is 0 Å². The van der Waals surface area contributed by atoms with Gasteiger partial charge in [-0.25, -0.2) is 4.39 Å². The summed E-state index contributed by atoms with van der Waals surface area (Å²) >= 11 is 0. The predicted octanol–water partition coefficient (Wildman–Crippen LogP) is 1.58. The second kappa shape index (κ2) is 3.11. The maximum absolute atomic E-state index is 12.6. The van der Waals surface area contributed by atoms with E-state index in [-0.39, 0.29) is 5.82 Å². The van der Waals surface area contributed by atoms with Crippen molar-refractivity contribution in [3.05, 3.63) is 42.1 Å². The summed E-state index contributed by atoms with van der Waals surface area (Å²) in [6, 6.07) is 6.12. The Morgan fingerprint density at radius 1 is 1.30 bits per heavy atom. The van der Waals surface area contributed by atoms with E-state index in [2.05, 4.69) is 0 Å². The van der Waals surface area contributed by atoms with Crippen molar-refractivity contribution >= 4 is 6.29 Å². The van der Waals surface area contributed by atoms with Crippen molar-refractivity contribution in [3.63, 3.8) is 0 Å². The zero-order chi connectivity index (χ0) is 7.40. The van der Waals surface area contributed by atoms with Gasteiger partial charge in [0.15, 0.2) is 0 Å². The highest BCUT2D eigenvalue weighted by Crippen LogP contribution is 2.06. The summed E-state index contributed by atoms with van der Waals surface area (Å²) < 4.78 is 12.6. The molecule has 0 atom stereocenters. The van der Waals surface area contributed by atoms with E-state index >= 15 is 0 Å². The van der Waals surface area contributed by atoms with Gasteiger partial charge in [-0.3, -0.25) is 0 Å². The molecule has 0 amide bonds. The Labute approximate surface area is 58.5 Å². The largest absolute Gasteiger partial charge is 0.303 e. The van der Waals surface area contributed by atoms with Crippen LogP contribution < -0.4 is 0 Å². The second-order valence-corrected chi connectivity index (χ2v) is 1.82. The zero-order valence-electron chi connectivity index (χ0n) is 5.25. The maximum atomic E-state index is 12.6. The van der Waals surface area contributed by atoms with Crippen molar-refractivity contribution < 1.29 is 9.18 Å². The van der Waals surface area contributed by atoms with E-state index in [0.29, 0.717) is 11.8 Å². The molecular weight excluding hydrogens is 131 g/mol. The predicted molar refractivity (Wildman–Crippen MR) is 35.9 cm³/mol. The van der Waals surface area contributed by atoms with Gasteiger partial charge in [-0.2, -0.15) is 0 Å². The van der Waals surface area contributed by atoms with Gasteiger partial charge in [0.05, 0.1) is 6.42 Å². The van der Waals surface area contributed by atoms with Crippen LogP contribution in [0.2, 0.25) is 0 Å². The Morgan fingerprint density at radius 3 is 2.60 bits per heavy atom. The van der Waals surface area contributed by atoms with Crippen molar-refractivity contribution in [2.75, 3.05) is 0 Å². The highest BCUT2D eigenvalue weighted by molar-refractivity contribution is 5.67. The number of hydrogen-bond donors (Lipinski definition) is 0. The van der Waals surface area contributed by atoms with Crippen molar-refractivity contribution in [1.82, 2.24) is 0 Å². The maximum Gasteiger partial charge on any atom is 0.128 e. The Morgan fingerprint density at radius 2 is 2.00 bits per heavy atom.